The molecule has 2 atom stereocenters. The van der Waals surface area contributed by atoms with Gasteiger partial charge in [0.25, 0.3) is 0 Å². The second-order valence-electron chi connectivity index (χ2n) is 4.74. The molecule has 0 aliphatic heterocycles. The Morgan fingerprint density at radius 3 is 2.90 bits per heavy atom. The maximum absolute atomic E-state index is 11.3. The van der Waals surface area contributed by atoms with E-state index in [0.29, 0.717) is 0 Å². The SMILES string of the molecule is CCc1cc2c(NCCC(C)S(C)=O)nc(N)nc2s1. The zero-order valence-corrected chi connectivity index (χ0v) is 13.6. The summed E-state index contributed by atoms with van der Waals surface area (Å²) in [6.45, 7) is 4.83. The normalized spacial score (nSPS) is 14.3. The number of nitrogen functional groups attached to an aromatic ring is 1. The Labute approximate surface area is 125 Å². The van der Waals surface area contributed by atoms with Crippen LogP contribution in [0.4, 0.5) is 11.8 Å². The van der Waals surface area contributed by atoms with Crippen LogP contribution in [0.2, 0.25) is 0 Å². The lowest BCUT2D eigenvalue weighted by atomic mass is 10.3. The van der Waals surface area contributed by atoms with Crippen LogP contribution < -0.4 is 11.1 Å². The number of thiophene rings is 1. The van der Waals surface area contributed by atoms with Crippen LogP contribution in [-0.2, 0) is 17.2 Å². The molecule has 5 nitrogen and oxygen atoms in total. The minimum atomic E-state index is -0.792. The molecular formula is C13H20N4OS2. The number of rotatable bonds is 6. The maximum Gasteiger partial charge on any atom is 0.223 e. The van der Waals surface area contributed by atoms with Crippen LogP contribution in [0.1, 0.15) is 25.1 Å². The van der Waals surface area contributed by atoms with E-state index in [4.69, 9.17) is 5.73 Å². The van der Waals surface area contributed by atoms with Gasteiger partial charge >= 0.3 is 0 Å². The fourth-order valence-electron chi connectivity index (χ4n) is 1.86. The number of aromatic nitrogens is 2. The summed E-state index contributed by atoms with van der Waals surface area (Å²) in [5.41, 5.74) is 5.75. The zero-order valence-electron chi connectivity index (χ0n) is 12.0. The first-order valence-electron chi connectivity index (χ1n) is 6.63. The van der Waals surface area contributed by atoms with Crippen molar-refractivity contribution >= 4 is 44.1 Å². The van der Waals surface area contributed by atoms with E-state index in [2.05, 4.69) is 28.3 Å². The predicted octanol–water partition coefficient (Wildman–Crippen LogP) is 2.40. The summed E-state index contributed by atoms with van der Waals surface area (Å²) >= 11 is 1.65. The highest BCUT2D eigenvalue weighted by Gasteiger charge is 2.11. The fourth-order valence-corrected chi connectivity index (χ4v) is 3.28. The highest BCUT2D eigenvalue weighted by molar-refractivity contribution is 7.84. The number of nitrogens with one attached hydrogen (secondary N) is 1. The first-order chi connectivity index (χ1) is 9.51. The average molecular weight is 312 g/mol. The maximum atomic E-state index is 11.3. The van der Waals surface area contributed by atoms with Gasteiger partial charge in [-0.15, -0.1) is 11.3 Å². The number of nitrogens with two attached hydrogens (primary N) is 1. The molecule has 2 heterocycles. The summed E-state index contributed by atoms with van der Waals surface area (Å²) < 4.78 is 11.3. The van der Waals surface area contributed by atoms with Crippen LogP contribution in [0, 0.1) is 0 Å². The van der Waals surface area contributed by atoms with Gasteiger partial charge in [-0.2, -0.15) is 4.98 Å². The Morgan fingerprint density at radius 1 is 1.50 bits per heavy atom. The van der Waals surface area contributed by atoms with E-state index < -0.39 is 10.8 Å². The molecule has 110 valence electrons. The zero-order chi connectivity index (χ0) is 14.7. The largest absolute Gasteiger partial charge is 0.369 e. The van der Waals surface area contributed by atoms with E-state index in [9.17, 15) is 4.21 Å². The Hall–Kier alpha value is -1.21. The first-order valence-corrected chi connectivity index (χ1v) is 9.07. The van der Waals surface area contributed by atoms with Crippen LogP contribution in [-0.4, -0.2) is 32.2 Å². The van der Waals surface area contributed by atoms with Gasteiger partial charge in [0.2, 0.25) is 5.95 Å². The highest BCUT2D eigenvalue weighted by atomic mass is 32.2. The molecule has 20 heavy (non-hydrogen) atoms. The van der Waals surface area contributed by atoms with Gasteiger partial charge in [-0.05, 0) is 18.9 Å². The van der Waals surface area contributed by atoms with Gasteiger partial charge in [-0.25, -0.2) is 4.98 Å². The number of aryl methyl sites for hydroxylation is 1. The first kappa shape index (κ1) is 15.2. The summed E-state index contributed by atoms with van der Waals surface area (Å²) in [5.74, 6) is 1.06. The topological polar surface area (TPSA) is 80.9 Å². The number of nitrogens with zero attached hydrogens (tertiary/aromatic N) is 2. The van der Waals surface area contributed by atoms with Gasteiger partial charge < -0.3 is 11.1 Å². The predicted molar refractivity (Wildman–Crippen MR) is 87.8 cm³/mol. The standard InChI is InChI=1S/C13H20N4OS2/c1-4-9-7-10-11(15-6-5-8(2)20(3)18)16-13(14)17-12(10)19-9/h7-8H,4-6H2,1-3H3,(H3,14,15,16,17). The summed E-state index contributed by atoms with van der Waals surface area (Å²) in [5, 5.41) is 4.48. The molecular weight excluding hydrogens is 292 g/mol. The molecule has 2 unspecified atom stereocenters. The monoisotopic (exact) mass is 312 g/mol. The van der Waals surface area contributed by atoms with Crippen molar-refractivity contribution in [2.75, 3.05) is 23.9 Å². The van der Waals surface area contributed by atoms with Crippen molar-refractivity contribution in [2.24, 2.45) is 0 Å². The van der Waals surface area contributed by atoms with Crippen LogP contribution in [0.25, 0.3) is 10.2 Å². The molecule has 0 amide bonds. The van der Waals surface area contributed by atoms with Gasteiger partial charge in [0.15, 0.2) is 0 Å². The molecule has 3 N–H and O–H groups in total. The molecule has 7 heteroatoms. The average Bonchev–Trinajstić information content (AvgIpc) is 2.81. The van der Waals surface area contributed by atoms with E-state index in [1.165, 1.54) is 4.88 Å². The summed E-state index contributed by atoms with van der Waals surface area (Å²) in [7, 11) is -0.792. The van der Waals surface area contributed by atoms with Crippen molar-refractivity contribution in [3.8, 4) is 0 Å². The van der Waals surface area contributed by atoms with E-state index in [-0.39, 0.29) is 11.2 Å². The lowest BCUT2D eigenvalue weighted by molar-refractivity contribution is 0.672. The van der Waals surface area contributed by atoms with Gasteiger partial charge in [0.1, 0.15) is 10.6 Å². The van der Waals surface area contributed by atoms with Crippen LogP contribution in [0.15, 0.2) is 6.07 Å². The lowest BCUT2D eigenvalue weighted by Crippen LogP contribution is -2.15. The molecule has 0 spiro atoms. The molecule has 0 aliphatic rings. The molecule has 0 aromatic carbocycles. The molecule has 0 saturated heterocycles. The molecule has 0 bridgehead atoms. The number of hydrogen-bond acceptors (Lipinski definition) is 6. The van der Waals surface area contributed by atoms with Gasteiger partial charge in [0.05, 0.1) is 5.39 Å². The van der Waals surface area contributed by atoms with Crippen molar-refractivity contribution in [3.63, 3.8) is 0 Å². The third kappa shape index (κ3) is 3.46. The van der Waals surface area contributed by atoms with Crippen LogP contribution in [0.3, 0.4) is 0 Å². The molecule has 2 aromatic heterocycles. The van der Waals surface area contributed by atoms with Crippen molar-refractivity contribution in [1.29, 1.82) is 0 Å². The van der Waals surface area contributed by atoms with E-state index in [1.807, 2.05) is 6.92 Å². The Kier molecular flexibility index (Phi) is 4.93. The molecule has 0 radical (unpaired) electrons. The lowest BCUT2D eigenvalue weighted by Gasteiger charge is -2.10. The molecule has 2 rings (SSSR count). The van der Waals surface area contributed by atoms with Gasteiger partial charge in [-0.3, -0.25) is 4.21 Å². The van der Waals surface area contributed by atoms with Gasteiger partial charge in [-0.1, -0.05) is 13.8 Å². The van der Waals surface area contributed by atoms with Crippen LogP contribution in [0.5, 0.6) is 0 Å². The van der Waals surface area contributed by atoms with Crippen molar-refractivity contribution in [1.82, 2.24) is 9.97 Å². The van der Waals surface area contributed by atoms with E-state index in [0.717, 1.165) is 35.4 Å². The van der Waals surface area contributed by atoms with Gasteiger partial charge in [0, 0.05) is 33.7 Å². The molecule has 2 aromatic rings. The van der Waals surface area contributed by atoms with Crippen molar-refractivity contribution < 1.29 is 4.21 Å². The molecule has 0 fully saturated rings. The number of hydrogen-bond donors (Lipinski definition) is 2. The quantitative estimate of drug-likeness (QED) is 0.856. The Balaban J connectivity index is 2.16. The third-order valence-corrected chi connectivity index (χ3v) is 5.76. The second-order valence-corrected chi connectivity index (χ2v) is 7.66. The second kappa shape index (κ2) is 6.49. The number of fused-ring (bicyclic) bond motifs is 1. The van der Waals surface area contributed by atoms with Crippen molar-refractivity contribution in [2.45, 2.75) is 31.9 Å². The smallest absolute Gasteiger partial charge is 0.223 e. The molecule has 0 saturated carbocycles. The van der Waals surface area contributed by atoms with Crippen LogP contribution >= 0.6 is 11.3 Å². The summed E-state index contributed by atoms with van der Waals surface area (Å²) in [6, 6.07) is 2.11. The van der Waals surface area contributed by atoms with E-state index >= 15 is 0 Å². The Morgan fingerprint density at radius 2 is 2.25 bits per heavy atom. The third-order valence-electron chi connectivity index (χ3n) is 3.22. The van der Waals surface area contributed by atoms with Crippen molar-refractivity contribution in [3.05, 3.63) is 10.9 Å². The summed E-state index contributed by atoms with van der Waals surface area (Å²) in [4.78, 5) is 10.7. The Bertz CT molecular complexity index is 626. The minimum absolute atomic E-state index is 0.172. The minimum Gasteiger partial charge on any atom is -0.369 e. The van der Waals surface area contributed by atoms with E-state index in [1.54, 1.807) is 17.6 Å². The molecule has 0 aliphatic carbocycles. The number of anilines is 2. The fraction of sp³-hybridized carbons (Fsp3) is 0.538. The summed E-state index contributed by atoms with van der Waals surface area (Å²) in [6.07, 6.45) is 3.55. The highest BCUT2D eigenvalue weighted by Crippen LogP contribution is 2.29.